The lowest BCUT2D eigenvalue weighted by atomic mass is 9.89. The molecule has 0 unspecified atom stereocenters. The van der Waals surface area contributed by atoms with Crippen molar-refractivity contribution in [2.45, 2.75) is 74.4 Å². The third-order valence-electron chi connectivity index (χ3n) is 5.22. The topological polar surface area (TPSA) is 164 Å². The zero-order valence-corrected chi connectivity index (χ0v) is 21.9. The maximum absolute atomic E-state index is 13.2. The molecule has 1 saturated heterocycles. The van der Waals surface area contributed by atoms with E-state index in [1.807, 2.05) is 0 Å². The van der Waals surface area contributed by atoms with Gasteiger partial charge in [0.15, 0.2) is 6.10 Å². The Bertz CT molecular complexity index is 988. The van der Waals surface area contributed by atoms with E-state index in [1.165, 1.54) is 6.92 Å². The highest BCUT2D eigenvalue weighted by Crippen LogP contribution is 2.45. The van der Waals surface area contributed by atoms with Crippen LogP contribution in [0.3, 0.4) is 0 Å². The Morgan fingerprint density at radius 3 is 2.24 bits per heavy atom. The number of thioether (sulfide) groups is 1. The van der Waals surface area contributed by atoms with E-state index in [0.717, 1.165) is 39.6 Å². The van der Waals surface area contributed by atoms with Crippen molar-refractivity contribution >= 4 is 41.5 Å². The van der Waals surface area contributed by atoms with Gasteiger partial charge in [0, 0.05) is 39.0 Å². The van der Waals surface area contributed by atoms with Crippen LogP contribution >= 0.6 is 11.8 Å². The summed E-state index contributed by atoms with van der Waals surface area (Å²) in [6, 6.07) is 7.51. The van der Waals surface area contributed by atoms with Crippen LogP contribution in [0.4, 0.5) is 0 Å². The molecule has 204 valence electrons. The fraction of sp³-hybridized carbons (Fsp3) is 0.542. The smallest absolute Gasteiger partial charge is 0.349 e. The van der Waals surface area contributed by atoms with E-state index >= 15 is 0 Å². The van der Waals surface area contributed by atoms with Gasteiger partial charge in [-0.1, -0.05) is 30.0 Å². The normalized spacial score (nSPS) is 24.6. The monoisotopic (exact) mass is 541 g/mol. The largest absolute Gasteiger partial charge is 0.466 e. The molecule has 1 aromatic carbocycles. The summed E-state index contributed by atoms with van der Waals surface area (Å²) in [5.74, 6) is -3.64. The number of aliphatic hydroxyl groups excluding tert-OH is 1. The lowest BCUT2D eigenvalue weighted by Gasteiger charge is -2.48. The number of ether oxygens (including phenoxy) is 5. The fourth-order valence-electron chi connectivity index (χ4n) is 3.88. The first-order valence-corrected chi connectivity index (χ1v) is 12.1. The third kappa shape index (κ3) is 8.44. The zero-order chi connectivity index (χ0) is 27.8. The highest BCUT2D eigenvalue weighted by molar-refractivity contribution is 8.01. The quantitative estimate of drug-likeness (QED) is 0.316. The molecule has 0 radical (unpaired) electrons. The van der Waals surface area contributed by atoms with Gasteiger partial charge in [0.25, 0.3) is 0 Å². The lowest BCUT2D eigenvalue weighted by molar-refractivity contribution is -0.220. The van der Waals surface area contributed by atoms with Crippen LogP contribution in [0.25, 0.3) is 0 Å². The van der Waals surface area contributed by atoms with Crippen molar-refractivity contribution in [2.75, 3.05) is 13.7 Å². The summed E-state index contributed by atoms with van der Waals surface area (Å²) in [6.07, 6.45) is -6.08. The minimum absolute atomic E-state index is 0.257. The van der Waals surface area contributed by atoms with E-state index in [0.29, 0.717) is 4.90 Å². The average molecular weight is 542 g/mol. The number of aliphatic hydroxyl groups is 1. The molecule has 37 heavy (non-hydrogen) atoms. The predicted molar refractivity (Wildman–Crippen MR) is 128 cm³/mol. The highest BCUT2D eigenvalue weighted by Gasteiger charge is 2.58. The number of rotatable bonds is 10. The number of hydrogen-bond acceptors (Lipinski definition) is 12. The molecule has 1 amide bonds. The average Bonchev–Trinajstić information content (AvgIpc) is 2.82. The molecule has 1 aliphatic heterocycles. The second-order valence-corrected chi connectivity index (χ2v) is 9.60. The molecule has 0 saturated carbocycles. The van der Waals surface area contributed by atoms with Crippen molar-refractivity contribution in [3.05, 3.63) is 30.3 Å². The van der Waals surface area contributed by atoms with E-state index in [9.17, 15) is 29.1 Å². The van der Waals surface area contributed by atoms with Gasteiger partial charge in [-0.2, -0.15) is 0 Å². The van der Waals surface area contributed by atoms with Crippen LogP contribution in [0.5, 0.6) is 0 Å². The Balaban J connectivity index is 2.66. The van der Waals surface area contributed by atoms with Crippen LogP contribution < -0.4 is 5.32 Å². The fourth-order valence-corrected chi connectivity index (χ4v) is 5.13. The van der Waals surface area contributed by atoms with Crippen molar-refractivity contribution in [2.24, 2.45) is 0 Å². The van der Waals surface area contributed by atoms with E-state index in [-0.39, 0.29) is 6.42 Å². The minimum Gasteiger partial charge on any atom is -0.466 e. The first-order chi connectivity index (χ1) is 17.4. The number of hydrogen-bond donors (Lipinski definition) is 2. The van der Waals surface area contributed by atoms with E-state index in [1.54, 1.807) is 30.3 Å². The summed E-state index contributed by atoms with van der Waals surface area (Å²) in [7, 11) is 1.15. The Labute approximate surface area is 218 Å². The number of methoxy groups -OCH3 is 1. The van der Waals surface area contributed by atoms with Gasteiger partial charge in [-0.15, -0.1) is 0 Å². The van der Waals surface area contributed by atoms with Crippen LogP contribution in [-0.2, 0) is 47.7 Å². The first-order valence-electron chi connectivity index (χ1n) is 11.3. The van der Waals surface area contributed by atoms with Crippen LogP contribution in [0.2, 0.25) is 0 Å². The first kappa shape index (κ1) is 30.1. The molecule has 0 spiro atoms. The van der Waals surface area contributed by atoms with Gasteiger partial charge in [-0.05, 0) is 12.1 Å². The van der Waals surface area contributed by atoms with Gasteiger partial charge in [0.2, 0.25) is 10.8 Å². The molecule has 1 aliphatic rings. The van der Waals surface area contributed by atoms with Crippen LogP contribution in [0, 0.1) is 0 Å². The summed E-state index contributed by atoms with van der Waals surface area (Å²) in [5.41, 5.74) is 0. The number of benzene rings is 1. The van der Waals surface area contributed by atoms with Crippen molar-refractivity contribution in [3.63, 3.8) is 0 Å². The van der Waals surface area contributed by atoms with Gasteiger partial charge in [0.1, 0.15) is 24.9 Å². The van der Waals surface area contributed by atoms with Crippen LogP contribution in [-0.4, -0.2) is 84.0 Å². The highest BCUT2D eigenvalue weighted by atomic mass is 32.2. The molecule has 2 rings (SSSR count). The maximum atomic E-state index is 13.2. The zero-order valence-electron chi connectivity index (χ0n) is 21.1. The number of amides is 1. The molecule has 12 nitrogen and oxygen atoms in total. The number of nitrogens with one attached hydrogen (secondary N) is 1. The Hall–Kier alpha value is -3.16. The van der Waals surface area contributed by atoms with Gasteiger partial charge in [-0.3, -0.25) is 19.2 Å². The molecule has 1 heterocycles. The molecule has 1 fully saturated rings. The van der Waals surface area contributed by atoms with Gasteiger partial charge < -0.3 is 34.1 Å². The van der Waals surface area contributed by atoms with Gasteiger partial charge >= 0.3 is 23.9 Å². The molecular formula is C24H31NO11S. The lowest BCUT2D eigenvalue weighted by Crippen LogP contribution is -2.67. The molecular weight excluding hydrogens is 510 g/mol. The maximum Gasteiger partial charge on any atom is 0.349 e. The summed E-state index contributed by atoms with van der Waals surface area (Å²) < 4.78 is 27.0. The SMILES string of the molecule is COC(=O)[C@@]1(Sc2ccccc2)C[C@H](OC(C)=O)[C@@H](NC(C)=O)[C@H]([C@H](OC(C)=O)[C@H](O)COC(C)=O)O1. The number of esters is 4. The van der Waals surface area contributed by atoms with Crippen molar-refractivity contribution < 1.29 is 52.8 Å². The number of carbonyl (C=O) groups excluding carboxylic acids is 5. The summed E-state index contributed by atoms with van der Waals surface area (Å²) in [5, 5.41) is 13.5. The summed E-state index contributed by atoms with van der Waals surface area (Å²) in [4.78, 5) is 59.4. The predicted octanol–water partition coefficient (Wildman–Crippen LogP) is 0.729. The van der Waals surface area contributed by atoms with Crippen molar-refractivity contribution in [1.29, 1.82) is 0 Å². The molecule has 0 bridgehead atoms. The van der Waals surface area contributed by atoms with Crippen LogP contribution in [0.1, 0.15) is 34.1 Å². The van der Waals surface area contributed by atoms with Crippen molar-refractivity contribution in [3.8, 4) is 0 Å². The van der Waals surface area contributed by atoms with Crippen molar-refractivity contribution in [1.82, 2.24) is 5.32 Å². The van der Waals surface area contributed by atoms with Gasteiger partial charge in [-0.25, -0.2) is 4.79 Å². The molecule has 13 heteroatoms. The second-order valence-electron chi connectivity index (χ2n) is 8.26. The van der Waals surface area contributed by atoms with E-state index in [2.05, 4.69) is 5.32 Å². The van der Waals surface area contributed by atoms with Crippen LogP contribution in [0.15, 0.2) is 35.2 Å². The minimum atomic E-state index is -1.85. The molecule has 0 aromatic heterocycles. The Morgan fingerprint density at radius 1 is 1.08 bits per heavy atom. The summed E-state index contributed by atoms with van der Waals surface area (Å²) in [6.45, 7) is 3.98. The Kier molecular flexibility index (Phi) is 10.9. The van der Waals surface area contributed by atoms with Gasteiger partial charge in [0.05, 0.1) is 13.2 Å². The second kappa shape index (κ2) is 13.4. The summed E-state index contributed by atoms with van der Waals surface area (Å²) >= 11 is 0.958. The molecule has 6 atom stereocenters. The molecule has 2 N–H and O–H groups in total. The Morgan fingerprint density at radius 2 is 1.73 bits per heavy atom. The molecule has 1 aromatic rings. The number of carbonyl (C=O) groups is 5. The van der Waals surface area contributed by atoms with E-state index < -0.39 is 71.8 Å². The standard InChI is InChI=1S/C24H31NO11S/c1-13(26)25-20-19(34-15(3)28)11-24(23(31)32-5,37-17-9-7-6-8-10-17)36-22(20)21(35-16(4)29)18(30)12-33-14(2)27/h6-10,18-22,30H,11-12H2,1-5H3,(H,25,26)/t18-,19+,20-,21-,22-,24+/m1/s1. The van der Waals surface area contributed by atoms with E-state index in [4.69, 9.17) is 23.7 Å². The molecule has 0 aliphatic carbocycles. The third-order valence-corrected chi connectivity index (χ3v) is 6.49.